The number of nitrogens with zero attached hydrogens (tertiary/aromatic N) is 1. The normalized spacial score (nSPS) is 29.4. The first-order valence-electron chi connectivity index (χ1n) is 10.7. The molecule has 1 saturated carbocycles. The number of likely N-dealkylation sites (tertiary alicyclic amines) is 1. The predicted octanol–water partition coefficient (Wildman–Crippen LogP) is 4.33. The zero-order chi connectivity index (χ0) is 21.5. The van der Waals surface area contributed by atoms with Crippen molar-refractivity contribution in [2.45, 2.75) is 38.2 Å². The molecule has 5 atom stereocenters. The average Bonchev–Trinajstić information content (AvgIpc) is 3.17. The van der Waals surface area contributed by atoms with Gasteiger partial charge < -0.3 is 14.7 Å². The van der Waals surface area contributed by atoms with E-state index in [1.807, 2.05) is 36.1 Å². The molecule has 5 heteroatoms. The summed E-state index contributed by atoms with van der Waals surface area (Å²) in [5.74, 6) is 0.258. The van der Waals surface area contributed by atoms with Gasteiger partial charge in [0.15, 0.2) is 0 Å². The number of halogens is 1. The molecule has 1 N–H and O–H groups in total. The Bertz CT molecular complexity index is 932. The van der Waals surface area contributed by atoms with Gasteiger partial charge in [-0.15, -0.1) is 0 Å². The van der Waals surface area contributed by atoms with Crippen molar-refractivity contribution in [2.24, 2.45) is 17.8 Å². The van der Waals surface area contributed by atoms with Crippen molar-refractivity contribution >= 4 is 5.91 Å². The molecule has 160 valence electrons. The lowest BCUT2D eigenvalue weighted by atomic mass is 9.64. The average molecular weight is 412 g/mol. The van der Waals surface area contributed by atoms with E-state index in [4.69, 9.17) is 4.74 Å². The molecule has 0 radical (unpaired) electrons. The highest BCUT2D eigenvalue weighted by atomic mass is 19.1. The van der Waals surface area contributed by atoms with Crippen molar-refractivity contribution in [3.63, 3.8) is 0 Å². The fourth-order valence-electron chi connectivity index (χ4n) is 5.67. The molecule has 0 aromatic heterocycles. The van der Waals surface area contributed by atoms with Gasteiger partial charge in [-0.05, 0) is 43.7 Å². The van der Waals surface area contributed by atoms with Crippen molar-refractivity contribution < 1.29 is 19.0 Å². The second-order valence-corrected chi connectivity index (χ2v) is 9.02. The van der Waals surface area contributed by atoms with E-state index >= 15 is 0 Å². The van der Waals surface area contributed by atoms with Gasteiger partial charge in [0.25, 0.3) is 0 Å². The summed E-state index contributed by atoms with van der Waals surface area (Å²) in [5.41, 5.74) is -0.0349. The summed E-state index contributed by atoms with van der Waals surface area (Å²) < 4.78 is 20.1. The zero-order valence-electron chi connectivity index (χ0n) is 17.8. The Kier molecular flexibility index (Phi) is 5.58. The van der Waals surface area contributed by atoms with Crippen molar-refractivity contribution in [3.8, 4) is 5.75 Å². The Labute approximate surface area is 177 Å². The SMILES string of the molecule is COc1ccccc1[C@H](C)C(=O)N1C[C@@H]2C[C@@H](C)C[C@@](O)(c3ccccc3F)[C@@H]2C1. The van der Waals surface area contributed by atoms with E-state index in [2.05, 4.69) is 6.92 Å². The lowest BCUT2D eigenvalue weighted by Gasteiger charge is -2.44. The van der Waals surface area contributed by atoms with Gasteiger partial charge in [0, 0.05) is 30.1 Å². The summed E-state index contributed by atoms with van der Waals surface area (Å²) in [6.45, 7) is 5.04. The van der Waals surface area contributed by atoms with Crippen molar-refractivity contribution in [2.75, 3.05) is 20.2 Å². The molecule has 4 rings (SSSR count). The van der Waals surface area contributed by atoms with Crippen molar-refractivity contribution in [3.05, 3.63) is 65.5 Å². The van der Waals surface area contributed by atoms with Crippen LogP contribution in [0.3, 0.4) is 0 Å². The summed E-state index contributed by atoms with van der Waals surface area (Å²) in [7, 11) is 1.61. The van der Waals surface area contributed by atoms with E-state index in [1.165, 1.54) is 6.07 Å². The van der Waals surface area contributed by atoms with Crippen LogP contribution in [0, 0.1) is 23.6 Å². The molecule has 1 aliphatic heterocycles. The van der Waals surface area contributed by atoms with E-state index in [0.717, 1.165) is 12.0 Å². The molecule has 2 aliphatic rings. The summed E-state index contributed by atoms with van der Waals surface area (Å²) in [6, 6.07) is 14.1. The molecule has 2 aromatic carbocycles. The quantitative estimate of drug-likeness (QED) is 0.815. The standard InChI is InChI=1S/C25H30FNO3/c1-16-12-18-14-27(24(28)17(2)19-8-4-7-11-23(19)30-3)15-21(18)25(29,13-16)20-9-5-6-10-22(20)26/h4-11,16-18,21,29H,12-15H2,1-3H3/t16-,17+,18+,21-,25-/m1/s1. The smallest absolute Gasteiger partial charge is 0.229 e. The van der Waals surface area contributed by atoms with Crippen LogP contribution in [0.5, 0.6) is 5.75 Å². The van der Waals surface area contributed by atoms with Gasteiger partial charge in [-0.3, -0.25) is 4.79 Å². The first-order valence-corrected chi connectivity index (χ1v) is 10.7. The topological polar surface area (TPSA) is 49.8 Å². The van der Waals surface area contributed by atoms with E-state index in [1.54, 1.807) is 25.3 Å². The fraction of sp³-hybridized carbons (Fsp3) is 0.480. The highest BCUT2D eigenvalue weighted by molar-refractivity contribution is 5.84. The molecular weight excluding hydrogens is 381 g/mol. The lowest BCUT2D eigenvalue weighted by molar-refractivity contribution is -0.132. The molecule has 0 bridgehead atoms. The molecule has 1 aliphatic carbocycles. The van der Waals surface area contributed by atoms with E-state index in [0.29, 0.717) is 30.8 Å². The van der Waals surface area contributed by atoms with Gasteiger partial charge in [-0.1, -0.05) is 43.3 Å². The number of carbonyl (C=O) groups excluding carboxylic acids is 1. The first-order chi connectivity index (χ1) is 14.3. The van der Waals surface area contributed by atoms with Crippen molar-refractivity contribution in [1.82, 2.24) is 4.90 Å². The third-order valence-corrected chi connectivity index (χ3v) is 7.05. The maximum Gasteiger partial charge on any atom is 0.229 e. The van der Waals surface area contributed by atoms with Gasteiger partial charge in [0.05, 0.1) is 18.6 Å². The number of rotatable bonds is 4. The van der Waals surface area contributed by atoms with Crippen molar-refractivity contribution in [1.29, 1.82) is 0 Å². The number of methoxy groups -OCH3 is 1. The van der Waals surface area contributed by atoms with Crippen LogP contribution in [-0.2, 0) is 10.4 Å². The minimum atomic E-state index is -1.25. The lowest BCUT2D eigenvalue weighted by Crippen LogP contribution is -2.46. The van der Waals surface area contributed by atoms with Crippen LogP contribution in [0.4, 0.5) is 4.39 Å². The molecule has 4 nitrogen and oxygen atoms in total. The number of benzene rings is 2. The van der Waals surface area contributed by atoms with Gasteiger partial charge in [-0.2, -0.15) is 0 Å². The Morgan fingerprint density at radius 2 is 1.90 bits per heavy atom. The number of para-hydroxylation sites is 1. The van der Waals surface area contributed by atoms with E-state index in [-0.39, 0.29) is 35.4 Å². The second-order valence-electron chi connectivity index (χ2n) is 9.02. The van der Waals surface area contributed by atoms with E-state index in [9.17, 15) is 14.3 Å². The van der Waals surface area contributed by atoms with Crippen LogP contribution < -0.4 is 4.74 Å². The molecule has 2 aromatic rings. The molecule has 0 spiro atoms. The molecular formula is C25H30FNO3. The first kappa shape index (κ1) is 20.9. The Balaban J connectivity index is 1.61. The van der Waals surface area contributed by atoms with E-state index < -0.39 is 5.60 Å². The van der Waals surface area contributed by atoms with Crippen LogP contribution in [0.25, 0.3) is 0 Å². The number of hydrogen-bond acceptors (Lipinski definition) is 3. The van der Waals surface area contributed by atoms with Crippen LogP contribution in [0.1, 0.15) is 43.7 Å². The highest BCUT2D eigenvalue weighted by Crippen LogP contribution is 2.51. The number of carbonyl (C=O) groups is 1. The van der Waals surface area contributed by atoms with Gasteiger partial charge in [0.2, 0.25) is 5.91 Å². The summed E-state index contributed by atoms with van der Waals surface area (Å²) in [5, 5.41) is 11.7. The number of fused-ring (bicyclic) bond motifs is 1. The molecule has 30 heavy (non-hydrogen) atoms. The van der Waals surface area contributed by atoms with Gasteiger partial charge in [-0.25, -0.2) is 4.39 Å². The third kappa shape index (κ3) is 3.49. The minimum absolute atomic E-state index is 0.0254. The fourth-order valence-corrected chi connectivity index (χ4v) is 5.67. The molecule has 1 amide bonds. The Morgan fingerprint density at radius 1 is 1.20 bits per heavy atom. The summed E-state index contributed by atoms with van der Waals surface area (Å²) >= 11 is 0. The minimum Gasteiger partial charge on any atom is -0.496 e. The maximum absolute atomic E-state index is 14.6. The Morgan fingerprint density at radius 3 is 2.63 bits per heavy atom. The van der Waals surface area contributed by atoms with Crippen LogP contribution in [0.2, 0.25) is 0 Å². The summed E-state index contributed by atoms with van der Waals surface area (Å²) in [6.07, 6.45) is 1.45. The number of amides is 1. The van der Waals surface area contributed by atoms with Crippen LogP contribution in [-0.4, -0.2) is 36.1 Å². The second kappa shape index (κ2) is 8.03. The highest BCUT2D eigenvalue weighted by Gasteiger charge is 2.53. The molecule has 1 heterocycles. The van der Waals surface area contributed by atoms with Crippen LogP contribution >= 0.6 is 0 Å². The van der Waals surface area contributed by atoms with Crippen LogP contribution in [0.15, 0.2) is 48.5 Å². The largest absolute Gasteiger partial charge is 0.496 e. The molecule has 2 fully saturated rings. The zero-order valence-corrected chi connectivity index (χ0v) is 17.8. The predicted molar refractivity (Wildman–Crippen MR) is 114 cm³/mol. The molecule has 0 unspecified atom stereocenters. The number of aliphatic hydroxyl groups is 1. The monoisotopic (exact) mass is 411 g/mol. The number of hydrogen-bond donors (Lipinski definition) is 1. The third-order valence-electron chi connectivity index (χ3n) is 7.05. The number of ether oxygens (including phenoxy) is 1. The Hall–Kier alpha value is -2.40. The van der Waals surface area contributed by atoms with Gasteiger partial charge >= 0.3 is 0 Å². The van der Waals surface area contributed by atoms with Gasteiger partial charge in [0.1, 0.15) is 11.6 Å². The maximum atomic E-state index is 14.6. The summed E-state index contributed by atoms with van der Waals surface area (Å²) in [4.78, 5) is 15.2. The molecule has 1 saturated heterocycles.